The molecule has 0 saturated carbocycles. The molecule has 1 rings (SSSR count). The summed E-state index contributed by atoms with van der Waals surface area (Å²) >= 11 is 0. The number of hydrogen-bond acceptors (Lipinski definition) is 2. The molecule has 0 aromatic carbocycles. The molecule has 0 radical (unpaired) electrons. The number of hydrogen-bond donors (Lipinski definition) is 0. The summed E-state index contributed by atoms with van der Waals surface area (Å²) in [5.74, 6) is 0. The van der Waals surface area contributed by atoms with Gasteiger partial charge in [0.15, 0.2) is 6.29 Å². The standard InChI is InChI=1S/C6H5NO/c8-5-6-2-1-3-7-4-6/h1-5H/p+2. The van der Waals surface area contributed by atoms with E-state index in [4.69, 9.17) is 0 Å². The van der Waals surface area contributed by atoms with E-state index in [2.05, 4.69) is 4.98 Å². The van der Waals surface area contributed by atoms with Gasteiger partial charge in [0.25, 0.3) is 0 Å². The normalized spacial score (nSPS) is 8.50. The summed E-state index contributed by atoms with van der Waals surface area (Å²) < 4.78 is 0. The Morgan fingerprint density at radius 1 is 1.75 bits per heavy atom. The largest absolute Gasteiger partial charge is 1.00 e. The van der Waals surface area contributed by atoms with Crippen molar-refractivity contribution in [2.75, 3.05) is 0 Å². The number of aromatic nitrogens is 1. The molecule has 0 saturated heterocycles. The van der Waals surface area contributed by atoms with Crippen LogP contribution in [0.5, 0.6) is 0 Å². The van der Waals surface area contributed by atoms with E-state index >= 15 is 0 Å². The minimum atomic E-state index is 0. The van der Waals surface area contributed by atoms with Gasteiger partial charge in [-0.25, -0.2) is 0 Å². The molecule has 0 N–H and O–H groups in total. The molecule has 0 aliphatic heterocycles. The van der Waals surface area contributed by atoms with Gasteiger partial charge in [-0.1, -0.05) is 0 Å². The van der Waals surface area contributed by atoms with Crippen molar-refractivity contribution >= 4 is 6.29 Å². The van der Waals surface area contributed by atoms with Crippen molar-refractivity contribution in [3.63, 3.8) is 0 Å². The minimum absolute atomic E-state index is 0. The van der Waals surface area contributed by atoms with E-state index in [-0.39, 0.29) is 2.85 Å². The summed E-state index contributed by atoms with van der Waals surface area (Å²) in [6.45, 7) is 0. The van der Waals surface area contributed by atoms with E-state index in [0.717, 1.165) is 6.29 Å². The maximum atomic E-state index is 9.97. The lowest BCUT2D eigenvalue weighted by atomic mass is 10.3. The molecule has 0 aliphatic rings. The molecule has 2 nitrogen and oxygen atoms in total. The van der Waals surface area contributed by atoms with Crippen LogP contribution in [-0.4, -0.2) is 11.3 Å². The maximum absolute atomic E-state index is 9.97. The van der Waals surface area contributed by atoms with Gasteiger partial charge in [0.2, 0.25) is 0 Å². The van der Waals surface area contributed by atoms with Crippen molar-refractivity contribution in [2.24, 2.45) is 0 Å². The highest BCUT2D eigenvalue weighted by molar-refractivity contribution is 5.73. The number of rotatable bonds is 1. The van der Waals surface area contributed by atoms with Crippen molar-refractivity contribution in [3.8, 4) is 0 Å². The average molecular weight is 109 g/mol. The molecule has 0 unspecified atom stereocenters. The van der Waals surface area contributed by atoms with Crippen molar-refractivity contribution in [1.29, 1.82) is 0 Å². The van der Waals surface area contributed by atoms with E-state index < -0.39 is 0 Å². The molecule has 0 atom stereocenters. The molecule has 1 aromatic heterocycles. The Bertz CT molecular complexity index is 178. The minimum Gasteiger partial charge on any atom is -0.298 e. The van der Waals surface area contributed by atoms with Crippen LogP contribution in [0.4, 0.5) is 0 Å². The zero-order valence-electron chi connectivity index (χ0n) is 6.24. The SMILES string of the molecule is O=Cc1cccnc1.[H+].[H+]. The van der Waals surface area contributed by atoms with Gasteiger partial charge in [0.05, 0.1) is 0 Å². The predicted octanol–water partition coefficient (Wildman–Crippen LogP) is 1.12. The van der Waals surface area contributed by atoms with Crippen molar-refractivity contribution < 1.29 is 7.65 Å². The molecule has 0 fully saturated rings. The Hall–Kier alpha value is -1.18. The van der Waals surface area contributed by atoms with E-state index in [1.54, 1.807) is 18.3 Å². The third kappa shape index (κ3) is 0.904. The predicted molar refractivity (Wildman–Crippen MR) is 31.8 cm³/mol. The summed E-state index contributed by atoms with van der Waals surface area (Å²) in [6.07, 6.45) is 3.92. The molecule has 1 aromatic rings. The Morgan fingerprint density at radius 2 is 2.62 bits per heavy atom. The van der Waals surface area contributed by atoms with Crippen LogP contribution in [0.15, 0.2) is 24.5 Å². The number of carbonyl (C=O) groups excluding carboxylic acids is 1. The van der Waals surface area contributed by atoms with Crippen molar-refractivity contribution in [2.45, 2.75) is 0 Å². The molecule has 8 heavy (non-hydrogen) atoms. The van der Waals surface area contributed by atoms with E-state index in [9.17, 15) is 4.79 Å². The van der Waals surface area contributed by atoms with Crippen LogP contribution in [0, 0.1) is 0 Å². The topological polar surface area (TPSA) is 30.0 Å². The summed E-state index contributed by atoms with van der Waals surface area (Å²) in [7, 11) is 0. The molecule has 1 heterocycles. The lowest BCUT2D eigenvalue weighted by Crippen LogP contribution is -1.77. The van der Waals surface area contributed by atoms with Gasteiger partial charge in [0, 0.05) is 18.0 Å². The third-order valence-corrected chi connectivity index (χ3v) is 0.820. The van der Waals surface area contributed by atoms with Crippen LogP contribution >= 0.6 is 0 Å². The summed E-state index contributed by atoms with van der Waals surface area (Å²) in [5.41, 5.74) is 0.618. The Balaban J connectivity index is 0. The first-order valence-corrected chi connectivity index (χ1v) is 2.28. The second-order valence-electron chi connectivity index (χ2n) is 1.40. The van der Waals surface area contributed by atoms with Crippen LogP contribution in [0.1, 0.15) is 13.2 Å². The van der Waals surface area contributed by atoms with Crippen molar-refractivity contribution in [3.05, 3.63) is 30.1 Å². The first-order chi connectivity index (χ1) is 3.93. The first kappa shape index (κ1) is 4.97. The number of pyridine rings is 1. The fraction of sp³-hybridized carbons (Fsp3) is 0. The number of aldehydes is 1. The maximum Gasteiger partial charge on any atom is 1.00 e. The first-order valence-electron chi connectivity index (χ1n) is 2.28. The number of nitrogens with zero attached hydrogens (tertiary/aromatic N) is 1. The lowest BCUT2D eigenvalue weighted by Gasteiger charge is -1.81. The highest BCUT2D eigenvalue weighted by atomic mass is 16.1. The second-order valence-corrected chi connectivity index (χ2v) is 1.40. The average Bonchev–Trinajstić information content (AvgIpc) is 1.90. The molecule has 0 bridgehead atoms. The Kier molecular flexibility index (Phi) is 1.37. The molecule has 0 spiro atoms. The summed E-state index contributed by atoms with van der Waals surface area (Å²) in [5, 5.41) is 0. The van der Waals surface area contributed by atoms with Gasteiger partial charge in [-0.15, -0.1) is 0 Å². The molecule has 0 amide bonds. The third-order valence-electron chi connectivity index (χ3n) is 0.820. The molecular weight excluding hydrogens is 102 g/mol. The zero-order valence-corrected chi connectivity index (χ0v) is 4.24. The van der Waals surface area contributed by atoms with E-state index in [1.165, 1.54) is 6.20 Å². The molecule has 2 heteroatoms. The monoisotopic (exact) mass is 109 g/mol. The van der Waals surface area contributed by atoms with Crippen molar-refractivity contribution in [1.82, 2.24) is 4.98 Å². The van der Waals surface area contributed by atoms with Gasteiger partial charge in [0.1, 0.15) is 0 Å². The summed E-state index contributed by atoms with van der Waals surface area (Å²) in [6, 6.07) is 3.43. The van der Waals surface area contributed by atoms with Crippen LogP contribution in [0.25, 0.3) is 0 Å². The molecular formula is C6H7NO+2. The van der Waals surface area contributed by atoms with E-state index in [0.29, 0.717) is 5.56 Å². The zero-order chi connectivity index (χ0) is 5.82. The lowest BCUT2D eigenvalue weighted by molar-refractivity contribution is 0.112. The molecule has 0 aliphatic carbocycles. The van der Waals surface area contributed by atoms with Crippen LogP contribution < -0.4 is 0 Å². The second kappa shape index (κ2) is 2.21. The van der Waals surface area contributed by atoms with Crippen LogP contribution in [0.3, 0.4) is 0 Å². The van der Waals surface area contributed by atoms with Gasteiger partial charge in [-0.2, -0.15) is 0 Å². The highest BCUT2D eigenvalue weighted by Crippen LogP contribution is 1.87. The van der Waals surface area contributed by atoms with Gasteiger partial charge >= 0.3 is 2.85 Å². The Labute approximate surface area is 50.1 Å². The van der Waals surface area contributed by atoms with E-state index in [1.807, 2.05) is 0 Å². The fourth-order valence-electron chi connectivity index (χ4n) is 0.446. The highest BCUT2D eigenvalue weighted by Gasteiger charge is 1.81. The van der Waals surface area contributed by atoms with Gasteiger partial charge in [-0.3, -0.25) is 9.78 Å². The molecule has 40 valence electrons. The number of carbonyl (C=O) groups is 1. The van der Waals surface area contributed by atoms with Gasteiger partial charge in [-0.05, 0) is 12.1 Å². The smallest absolute Gasteiger partial charge is 0.298 e. The quantitative estimate of drug-likeness (QED) is 0.506. The fourth-order valence-corrected chi connectivity index (χ4v) is 0.446. The van der Waals surface area contributed by atoms with Crippen LogP contribution in [-0.2, 0) is 0 Å². The van der Waals surface area contributed by atoms with Gasteiger partial charge < -0.3 is 0 Å². The summed E-state index contributed by atoms with van der Waals surface area (Å²) in [4.78, 5) is 13.7. The Morgan fingerprint density at radius 3 is 3.00 bits per heavy atom. The van der Waals surface area contributed by atoms with Crippen LogP contribution in [0.2, 0.25) is 0 Å².